The zero-order valence-corrected chi connectivity index (χ0v) is 19.0. The van der Waals surface area contributed by atoms with Gasteiger partial charge in [0.1, 0.15) is 0 Å². The van der Waals surface area contributed by atoms with Gasteiger partial charge in [0, 0.05) is 37.5 Å². The van der Waals surface area contributed by atoms with Gasteiger partial charge in [0.2, 0.25) is 0 Å². The molecule has 4 saturated heterocycles. The van der Waals surface area contributed by atoms with E-state index in [0.29, 0.717) is 18.2 Å². The molecule has 4 aliphatic heterocycles. The van der Waals surface area contributed by atoms with Crippen LogP contribution in [0, 0.1) is 17.8 Å². The van der Waals surface area contributed by atoms with Crippen LogP contribution in [-0.2, 0) is 4.74 Å². The third-order valence-corrected chi connectivity index (χ3v) is 7.03. The molecule has 0 aromatic heterocycles. The number of nitrogens with zero attached hydrogens (tertiary/aromatic N) is 3. The molecule has 150 valence electrons. The fraction of sp³-hybridized carbons (Fsp3) is 0.950. The molecule has 4 rings (SSSR count). The Bertz CT molecular complexity index is 476. The summed E-state index contributed by atoms with van der Waals surface area (Å²) in [4.78, 5) is 10.2. The van der Waals surface area contributed by atoms with Gasteiger partial charge in [-0.05, 0) is 58.5 Å². The van der Waals surface area contributed by atoms with Crippen molar-refractivity contribution >= 4 is 29.9 Å². The second kappa shape index (κ2) is 8.95. The normalized spacial score (nSPS) is 36.1. The van der Waals surface area contributed by atoms with E-state index >= 15 is 0 Å². The summed E-state index contributed by atoms with van der Waals surface area (Å²) in [5, 5.41) is 3.55. The number of halogens is 1. The van der Waals surface area contributed by atoms with Crippen molar-refractivity contribution in [3.63, 3.8) is 0 Å². The quantitative estimate of drug-likeness (QED) is 0.385. The second-order valence-electron chi connectivity index (χ2n) is 8.79. The highest BCUT2D eigenvalue weighted by Gasteiger charge is 2.53. The molecule has 5 unspecified atom stereocenters. The lowest BCUT2D eigenvalue weighted by Crippen LogP contribution is -2.44. The highest BCUT2D eigenvalue weighted by atomic mass is 127. The van der Waals surface area contributed by atoms with Gasteiger partial charge in [-0.1, -0.05) is 6.92 Å². The summed E-state index contributed by atoms with van der Waals surface area (Å²) in [5.74, 6) is 3.51. The minimum absolute atomic E-state index is 0. The summed E-state index contributed by atoms with van der Waals surface area (Å²) in [6, 6.07) is 0.544. The highest BCUT2D eigenvalue weighted by molar-refractivity contribution is 14.0. The first kappa shape index (κ1) is 20.6. The number of nitrogens with one attached hydrogen (secondary N) is 1. The fourth-order valence-electron chi connectivity index (χ4n) is 5.36. The zero-order chi connectivity index (χ0) is 17.4. The van der Waals surface area contributed by atoms with Gasteiger partial charge < -0.3 is 15.0 Å². The molecule has 2 bridgehead atoms. The number of guanidine groups is 1. The molecule has 0 amide bonds. The number of hydrogen-bond donors (Lipinski definition) is 1. The predicted molar refractivity (Wildman–Crippen MR) is 117 cm³/mol. The van der Waals surface area contributed by atoms with Crippen LogP contribution in [0.5, 0.6) is 0 Å². The molecule has 6 heteroatoms. The zero-order valence-electron chi connectivity index (χ0n) is 16.7. The minimum atomic E-state index is 0. The Balaban J connectivity index is 0.00000196. The lowest BCUT2D eigenvalue weighted by Gasteiger charge is -2.34. The minimum Gasteiger partial charge on any atom is -0.374 e. The van der Waals surface area contributed by atoms with Gasteiger partial charge in [-0.15, -0.1) is 24.0 Å². The summed E-state index contributed by atoms with van der Waals surface area (Å²) in [6.45, 7) is 13.5. The highest BCUT2D eigenvalue weighted by Crippen LogP contribution is 2.47. The van der Waals surface area contributed by atoms with E-state index < -0.39 is 0 Å². The average molecular weight is 476 g/mol. The third kappa shape index (κ3) is 4.17. The Hall–Kier alpha value is -0.0800. The molecule has 0 spiro atoms. The Morgan fingerprint density at radius 2 is 1.73 bits per heavy atom. The molecule has 4 fully saturated rings. The maximum atomic E-state index is 6.12. The maximum Gasteiger partial charge on any atom is 0.193 e. The largest absolute Gasteiger partial charge is 0.374 e. The molecule has 4 heterocycles. The van der Waals surface area contributed by atoms with E-state index in [-0.39, 0.29) is 24.0 Å². The van der Waals surface area contributed by atoms with Crippen LogP contribution in [0.1, 0.15) is 46.5 Å². The number of likely N-dealkylation sites (tertiary alicyclic amines) is 2. The summed E-state index contributed by atoms with van der Waals surface area (Å²) < 4.78 is 6.12. The van der Waals surface area contributed by atoms with Crippen LogP contribution in [0.4, 0.5) is 0 Å². The number of fused-ring (bicyclic) bond motifs is 5. The molecule has 0 radical (unpaired) electrons. The number of piperidine rings is 1. The molecule has 0 aromatic rings. The van der Waals surface area contributed by atoms with Gasteiger partial charge in [-0.3, -0.25) is 9.89 Å². The number of aliphatic imine (C=N–C) groups is 1. The van der Waals surface area contributed by atoms with Crippen molar-refractivity contribution in [3.05, 3.63) is 0 Å². The first-order valence-electron chi connectivity index (χ1n) is 10.6. The third-order valence-electron chi connectivity index (χ3n) is 7.03. The molecule has 5 atom stereocenters. The summed E-state index contributed by atoms with van der Waals surface area (Å²) in [5.41, 5.74) is 0. The number of ether oxygens (including phenoxy) is 1. The maximum absolute atomic E-state index is 6.12. The summed E-state index contributed by atoms with van der Waals surface area (Å²) >= 11 is 0. The van der Waals surface area contributed by atoms with Crippen LogP contribution < -0.4 is 5.32 Å². The molecule has 1 N–H and O–H groups in total. The molecular formula is C20H37IN4O. The lowest BCUT2D eigenvalue weighted by atomic mass is 9.82. The lowest BCUT2D eigenvalue weighted by molar-refractivity contribution is 0.0766. The van der Waals surface area contributed by atoms with Crippen LogP contribution in [-0.4, -0.2) is 73.3 Å². The van der Waals surface area contributed by atoms with Crippen LogP contribution in [0.3, 0.4) is 0 Å². The Labute approximate surface area is 176 Å². The van der Waals surface area contributed by atoms with Crippen molar-refractivity contribution in [2.45, 2.75) is 64.7 Å². The fourth-order valence-corrected chi connectivity index (χ4v) is 5.36. The van der Waals surface area contributed by atoms with Gasteiger partial charge in [0.25, 0.3) is 0 Å². The van der Waals surface area contributed by atoms with Crippen molar-refractivity contribution in [2.24, 2.45) is 22.7 Å². The van der Waals surface area contributed by atoms with Crippen molar-refractivity contribution in [2.75, 3.05) is 39.3 Å². The van der Waals surface area contributed by atoms with Gasteiger partial charge in [0.15, 0.2) is 5.96 Å². The van der Waals surface area contributed by atoms with E-state index in [1.807, 2.05) is 0 Å². The van der Waals surface area contributed by atoms with Gasteiger partial charge in [-0.2, -0.15) is 0 Å². The molecule has 0 aliphatic carbocycles. The van der Waals surface area contributed by atoms with Crippen molar-refractivity contribution < 1.29 is 4.74 Å². The molecule has 0 saturated carbocycles. The molecular weight excluding hydrogens is 439 g/mol. The van der Waals surface area contributed by atoms with Crippen LogP contribution >= 0.6 is 24.0 Å². The van der Waals surface area contributed by atoms with E-state index in [9.17, 15) is 0 Å². The Kier molecular flexibility index (Phi) is 7.11. The Morgan fingerprint density at radius 1 is 1.12 bits per heavy atom. The van der Waals surface area contributed by atoms with Gasteiger partial charge in [0.05, 0.1) is 18.8 Å². The second-order valence-corrected chi connectivity index (χ2v) is 8.79. The monoisotopic (exact) mass is 476 g/mol. The first-order valence-corrected chi connectivity index (χ1v) is 10.6. The van der Waals surface area contributed by atoms with E-state index in [2.05, 4.69) is 35.9 Å². The Morgan fingerprint density at radius 3 is 2.31 bits per heavy atom. The van der Waals surface area contributed by atoms with E-state index in [0.717, 1.165) is 49.9 Å². The van der Waals surface area contributed by atoms with Crippen molar-refractivity contribution in [3.8, 4) is 0 Å². The average Bonchev–Trinajstić information content (AvgIpc) is 3.31. The number of hydrogen-bond acceptors (Lipinski definition) is 3. The predicted octanol–water partition coefficient (Wildman–Crippen LogP) is 2.80. The van der Waals surface area contributed by atoms with Crippen LogP contribution in [0.15, 0.2) is 4.99 Å². The van der Waals surface area contributed by atoms with Gasteiger partial charge in [-0.25, -0.2) is 0 Å². The van der Waals surface area contributed by atoms with Crippen molar-refractivity contribution in [1.82, 2.24) is 15.1 Å². The SMILES string of the molecule is CCNC(=NCC(C)N1CCC(C)CC1)N1CC2C3CCC(O3)C2C1.I. The van der Waals surface area contributed by atoms with Gasteiger partial charge >= 0.3 is 0 Å². The van der Waals surface area contributed by atoms with Crippen molar-refractivity contribution in [1.29, 1.82) is 0 Å². The van der Waals surface area contributed by atoms with E-state index in [1.54, 1.807) is 0 Å². The standard InChI is InChI=1S/C20H36N4O.HI/c1-4-21-20(22-11-15(3)23-9-7-14(2)8-10-23)24-12-16-17(13-24)19-6-5-18(16)25-19;/h14-19H,4-13H2,1-3H3,(H,21,22);1H. The number of rotatable bonds is 4. The molecule has 26 heavy (non-hydrogen) atoms. The summed E-state index contributed by atoms with van der Waals surface area (Å²) in [7, 11) is 0. The topological polar surface area (TPSA) is 40.1 Å². The molecule has 0 aromatic carbocycles. The van der Waals surface area contributed by atoms with E-state index in [1.165, 1.54) is 38.8 Å². The molecule has 4 aliphatic rings. The molecule has 5 nitrogen and oxygen atoms in total. The smallest absolute Gasteiger partial charge is 0.193 e. The van der Waals surface area contributed by atoms with E-state index in [4.69, 9.17) is 9.73 Å². The first-order chi connectivity index (χ1) is 12.2. The van der Waals surface area contributed by atoms with Crippen LogP contribution in [0.25, 0.3) is 0 Å². The van der Waals surface area contributed by atoms with Crippen LogP contribution in [0.2, 0.25) is 0 Å². The summed E-state index contributed by atoms with van der Waals surface area (Å²) in [6.07, 6.45) is 6.28.